The molecule has 13 heteroatoms. The zero-order valence-electron chi connectivity index (χ0n) is 25.7. The molecule has 0 aliphatic carbocycles. The number of anilines is 2. The highest BCUT2D eigenvalue weighted by Gasteiger charge is 2.29. The van der Waals surface area contributed by atoms with Gasteiger partial charge in [-0.3, -0.25) is 14.5 Å². The van der Waals surface area contributed by atoms with E-state index >= 15 is 0 Å². The third-order valence-corrected chi connectivity index (χ3v) is 7.67. The van der Waals surface area contributed by atoms with E-state index in [1.54, 1.807) is 7.11 Å². The number of nitrogen functional groups attached to an aromatic ring is 1. The van der Waals surface area contributed by atoms with Gasteiger partial charge in [-0.05, 0) is 25.0 Å². The van der Waals surface area contributed by atoms with E-state index in [1.807, 2.05) is 17.0 Å². The number of hydrogen-bond donors (Lipinski definition) is 2. The molecule has 2 fully saturated rings. The maximum atomic E-state index is 12.6. The van der Waals surface area contributed by atoms with Gasteiger partial charge in [-0.15, -0.1) is 0 Å². The molecule has 2 aliphatic rings. The van der Waals surface area contributed by atoms with Crippen LogP contribution in [0.3, 0.4) is 0 Å². The molecule has 0 aromatic heterocycles. The number of benzene rings is 1. The van der Waals surface area contributed by atoms with E-state index in [9.17, 15) is 9.59 Å². The summed E-state index contributed by atoms with van der Waals surface area (Å²) in [6, 6.07) is 6.54. The standard InChI is InChI=1S/C30H51N5O8/c1-38-28-24-26(2-3-27(28)31)33-8-4-25(5-9-33)34-10-12-35(13-11-34)30(37)7-15-40-17-19-42-21-23-43-22-20-41-18-16-39-14-6-29(32)36/h2-3,24-25H,4-23,31H2,1H3,(H2,32,36). The van der Waals surface area contributed by atoms with E-state index in [4.69, 9.17) is 39.9 Å². The lowest BCUT2D eigenvalue weighted by Gasteiger charge is -2.43. The van der Waals surface area contributed by atoms with Gasteiger partial charge in [0.1, 0.15) is 5.75 Å². The van der Waals surface area contributed by atoms with Gasteiger partial charge in [0, 0.05) is 63.5 Å². The van der Waals surface area contributed by atoms with Crippen molar-refractivity contribution in [1.82, 2.24) is 9.80 Å². The molecule has 13 nitrogen and oxygen atoms in total. The SMILES string of the molecule is COc1cc(N2CCC(N3CCN(C(=O)CCOCCOCCOCCOCCOCCC(N)=O)CC3)CC2)ccc1N. The molecular formula is C30H51N5O8. The van der Waals surface area contributed by atoms with Crippen LogP contribution in [0.5, 0.6) is 5.75 Å². The van der Waals surface area contributed by atoms with E-state index in [0.717, 1.165) is 63.5 Å². The molecule has 2 heterocycles. The average molecular weight is 610 g/mol. The Morgan fingerprint density at radius 1 is 0.744 bits per heavy atom. The van der Waals surface area contributed by atoms with E-state index in [-0.39, 0.29) is 18.2 Å². The minimum absolute atomic E-state index is 0.153. The van der Waals surface area contributed by atoms with E-state index in [1.165, 1.54) is 0 Å². The van der Waals surface area contributed by atoms with Gasteiger partial charge in [0.05, 0.1) is 85.3 Å². The van der Waals surface area contributed by atoms with Crippen molar-refractivity contribution < 1.29 is 38.0 Å². The van der Waals surface area contributed by atoms with Crippen LogP contribution in [-0.4, -0.2) is 140 Å². The van der Waals surface area contributed by atoms with Crippen molar-refractivity contribution in [3.8, 4) is 5.75 Å². The number of piperazine rings is 1. The summed E-state index contributed by atoms with van der Waals surface area (Å²) in [5, 5.41) is 0. The number of methoxy groups -OCH3 is 1. The predicted octanol–water partition coefficient (Wildman–Crippen LogP) is 0.739. The topological polar surface area (TPSA) is 151 Å². The summed E-state index contributed by atoms with van der Waals surface area (Å²) in [5.74, 6) is 0.500. The van der Waals surface area contributed by atoms with Crippen LogP contribution in [-0.2, 0) is 33.3 Å². The Morgan fingerprint density at radius 2 is 1.26 bits per heavy atom. The Bertz CT molecular complexity index is 939. The van der Waals surface area contributed by atoms with Gasteiger partial charge in [-0.2, -0.15) is 0 Å². The first-order chi connectivity index (χ1) is 21.0. The van der Waals surface area contributed by atoms with Gasteiger partial charge < -0.3 is 49.7 Å². The highest BCUT2D eigenvalue weighted by molar-refractivity contribution is 5.76. The van der Waals surface area contributed by atoms with Gasteiger partial charge in [0.15, 0.2) is 0 Å². The Hall–Kier alpha value is -2.68. The fraction of sp³-hybridized carbons (Fsp3) is 0.733. The lowest BCUT2D eigenvalue weighted by molar-refractivity contribution is -0.134. The minimum Gasteiger partial charge on any atom is -0.495 e. The third kappa shape index (κ3) is 13.2. The van der Waals surface area contributed by atoms with Gasteiger partial charge in [0.2, 0.25) is 11.8 Å². The molecule has 0 spiro atoms. The van der Waals surface area contributed by atoms with Crippen LogP contribution in [0, 0.1) is 0 Å². The van der Waals surface area contributed by atoms with Crippen LogP contribution in [0.4, 0.5) is 11.4 Å². The summed E-state index contributed by atoms with van der Waals surface area (Å²) in [7, 11) is 1.65. The maximum Gasteiger partial charge on any atom is 0.224 e. The van der Waals surface area contributed by atoms with Crippen molar-refractivity contribution in [1.29, 1.82) is 0 Å². The van der Waals surface area contributed by atoms with Crippen molar-refractivity contribution in [3.05, 3.63) is 18.2 Å². The van der Waals surface area contributed by atoms with Gasteiger partial charge in [0.25, 0.3) is 0 Å². The second-order valence-corrected chi connectivity index (χ2v) is 10.6. The summed E-state index contributed by atoms with van der Waals surface area (Å²) in [6.07, 6.45) is 2.82. The molecule has 2 saturated heterocycles. The summed E-state index contributed by atoms with van der Waals surface area (Å²) >= 11 is 0. The number of carbonyl (C=O) groups excluding carboxylic acids is 2. The van der Waals surface area contributed by atoms with Crippen LogP contribution < -0.4 is 21.1 Å². The van der Waals surface area contributed by atoms with Crippen LogP contribution in [0.25, 0.3) is 0 Å². The summed E-state index contributed by atoms with van der Waals surface area (Å²) in [6.45, 7) is 9.73. The fourth-order valence-corrected chi connectivity index (χ4v) is 5.19. The summed E-state index contributed by atoms with van der Waals surface area (Å²) < 4.78 is 32.5. The van der Waals surface area contributed by atoms with Crippen LogP contribution in [0.2, 0.25) is 0 Å². The lowest BCUT2D eigenvalue weighted by Crippen LogP contribution is -2.54. The summed E-state index contributed by atoms with van der Waals surface area (Å²) in [5.41, 5.74) is 12.8. The van der Waals surface area contributed by atoms with Crippen molar-refractivity contribution in [3.63, 3.8) is 0 Å². The number of nitrogens with zero attached hydrogens (tertiary/aromatic N) is 3. The largest absolute Gasteiger partial charge is 0.495 e. The molecule has 43 heavy (non-hydrogen) atoms. The Kier molecular flexibility index (Phi) is 16.4. The number of hydrogen-bond acceptors (Lipinski definition) is 11. The smallest absolute Gasteiger partial charge is 0.224 e. The zero-order valence-corrected chi connectivity index (χ0v) is 25.7. The number of rotatable bonds is 21. The second kappa shape index (κ2) is 20.3. The molecule has 2 aliphatic heterocycles. The van der Waals surface area contributed by atoms with E-state index < -0.39 is 0 Å². The van der Waals surface area contributed by atoms with Crippen molar-refractivity contribution >= 4 is 23.2 Å². The fourth-order valence-electron chi connectivity index (χ4n) is 5.19. The van der Waals surface area contributed by atoms with Gasteiger partial charge in [-0.25, -0.2) is 0 Å². The maximum absolute atomic E-state index is 12.6. The first-order valence-corrected chi connectivity index (χ1v) is 15.3. The van der Waals surface area contributed by atoms with Crippen molar-refractivity contribution in [2.24, 2.45) is 5.73 Å². The van der Waals surface area contributed by atoms with Crippen LogP contribution >= 0.6 is 0 Å². The lowest BCUT2D eigenvalue weighted by atomic mass is 10.0. The monoisotopic (exact) mass is 609 g/mol. The Balaban J connectivity index is 1.12. The number of primary amides is 1. The van der Waals surface area contributed by atoms with Crippen molar-refractivity contribution in [2.75, 3.05) is 123 Å². The Labute approximate surface area is 255 Å². The second-order valence-electron chi connectivity index (χ2n) is 10.6. The molecule has 0 saturated carbocycles. The number of carbonyl (C=O) groups is 2. The van der Waals surface area contributed by atoms with Gasteiger partial charge >= 0.3 is 0 Å². The predicted molar refractivity (Wildman–Crippen MR) is 163 cm³/mol. The number of amides is 2. The molecule has 4 N–H and O–H groups in total. The number of nitrogens with two attached hydrogens (primary N) is 2. The number of piperidine rings is 1. The van der Waals surface area contributed by atoms with Crippen LogP contribution in [0.15, 0.2) is 18.2 Å². The Morgan fingerprint density at radius 3 is 1.77 bits per heavy atom. The average Bonchev–Trinajstić information content (AvgIpc) is 3.02. The minimum atomic E-state index is -0.375. The molecule has 3 rings (SSSR count). The molecule has 0 bridgehead atoms. The van der Waals surface area contributed by atoms with E-state index in [0.29, 0.717) is 84.2 Å². The quantitative estimate of drug-likeness (QED) is 0.150. The molecule has 0 atom stereocenters. The van der Waals surface area contributed by atoms with Crippen LogP contribution in [0.1, 0.15) is 25.7 Å². The third-order valence-electron chi connectivity index (χ3n) is 7.67. The molecule has 0 radical (unpaired) electrons. The molecule has 1 aromatic rings. The molecular weight excluding hydrogens is 558 g/mol. The molecule has 244 valence electrons. The zero-order chi connectivity index (χ0) is 30.7. The first kappa shape index (κ1) is 34.8. The molecule has 1 aromatic carbocycles. The molecule has 2 amide bonds. The summed E-state index contributed by atoms with van der Waals surface area (Å²) in [4.78, 5) is 30.1. The van der Waals surface area contributed by atoms with E-state index in [2.05, 4.69) is 15.9 Å². The first-order valence-electron chi connectivity index (χ1n) is 15.3. The normalized spacial score (nSPS) is 16.5. The molecule has 0 unspecified atom stereocenters. The number of ether oxygens (including phenoxy) is 6. The highest BCUT2D eigenvalue weighted by Crippen LogP contribution is 2.30. The van der Waals surface area contributed by atoms with Crippen molar-refractivity contribution in [2.45, 2.75) is 31.7 Å². The van der Waals surface area contributed by atoms with Gasteiger partial charge in [-0.1, -0.05) is 0 Å². The highest BCUT2D eigenvalue weighted by atomic mass is 16.6.